The second-order valence-electron chi connectivity index (χ2n) is 6.91. The van der Waals surface area contributed by atoms with Crippen LogP contribution < -0.4 is 14.8 Å². The van der Waals surface area contributed by atoms with Gasteiger partial charge in [-0.2, -0.15) is 0 Å². The molecule has 2 heterocycles. The molecule has 150 valence electrons. The molecule has 0 unspecified atom stereocenters. The van der Waals surface area contributed by atoms with Gasteiger partial charge in [-0.3, -0.25) is 4.90 Å². The van der Waals surface area contributed by atoms with Gasteiger partial charge in [-0.05, 0) is 18.2 Å². The molecule has 0 spiro atoms. The Labute approximate surface area is 169 Å². The third-order valence-electron chi connectivity index (χ3n) is 5.02. The van der Waals surface area contributed by atoms with Crippen molar-refractivity contribution in [2.45, 2.75) is 19.5 Å². The summed E-state index contributed by atoms with van der Waals surface area (Å²) in [5, 5.41) is 3.22. The van der Waals surface area contributed by atoms with Gasteiger partial charge in [0.15, 0.2) is 0 Å². The standard InChI is InChI=1S/C22H23FN4O2/c1-28-17-7-8-20(21(11-17)29-2)26-22-24-12-16-14-27(10-9-19(16)25-22)13-15-5-3-4-6-18(15)23/h3-8,11-12H,9-10,13-14H2,1-2H3,(H,24,25,26). The van der Waals surface area contributed by atoms with Gasteiger partial charge in [0, 0.05) is 49.4 Å². The van der Waals surface area contributed by atoms with Gasteiger partial charge >= 0.3 is 0 Å². The predicted molar refractivity (Wildman–Crippen MR) is 109 cm³/mol. The number of aromatic nitrogens is 2. The van der Waals surface area contributed by atoms with Gasteiger partial charge in [-0.25, -0.2) is 14.4 Å². The predicted octanol–water partition coefficient (Wildman–Crippen LogP) is 3.93. The average molecular weight is 394 g/mol. The van der Waals surface area contributed by atoms with E-state index < -0.39 is 0 Å². The molecule has 0 radical (unpaired) electrons. The number of anilines is 2. The number of hydrogen-bond acceptors (Lipinski definition) is 6. The second kappa shape index (κ2) is 8.45. The maximum Gasteiger partial charge on any atom is 0.227 e. The van der Waals surface area contributed by atoms with Gasteiger partial charge in [-0.1, -0.05) is 18.2 Å². The minimum Gasteiger partial charge on any atom is -0.497 e. The Morgan fingerprint density at radius 2 is 2.00 bits per heavy atom. The summed E-state index contributed by atoms with van der Waals surface area (Å²) in [6, 6.07) is 12.4. The lowest BCUT2D eigenvalue weighted by Crippen LogP contribution is -2.31. The number of benzene rings is 2. The van der Waals surface area contributed by atoms with E-state index in [2.05, 4.69) is 20.2 Å². The maximum absolute atomic E-state index is 13.9. The molecule has 0 saturated carbocycles. The van der Waals surface area contributed by atoms with E-state index in [4.69, 9.17) is 9.47 Å². The summed E-state index contributed by atoms with van der Waals surface area (Å²) in [5.41, 5.74) is 3.56. The van der Waals surface area contributed by atoms with Crippen LogP contribution in [-0.4, -0.2) is 35.6 Å². The van der Waals surface area contributed by atoms with Crippen LogP contribution in [0.2, 0.25) is 0 Å². The van der Waals surface area contributed by atoms with E-state index in [0.717, 1.165) is 29.9 Å². The maximum atomic E-state index is 13.9. The topological polar surface area (TPSA) is 59.5 Å². The van der Waals surface area contributed by atoms with Gasteiger partial charge in [0.25, 0.3) is 0 Å². The van der Waals surface area contributed by atoms with Crippen molar-refractivity contribution in [2.75, 3.05) is 26.1 Å². The molecule has 1 aliphatic rings. The molecule has 3 aromatic rings. The van der Waals surface area contributed by atoms with Crippen molar-refractivity contribution < 1.29 is 13.9 Å². The van der Waals surface area contributed by atoms with Crippen molar-refractivity contribution >= 4 is 11.6 Å². The van der Waals surface area contributed by atoms with E-state index in [1.165, 1.54) is 6.07 Å². The molecular weight excluding hydrogens is 371 g/mol. The number of nitrogens with zero attached hydrogens (tertiary/aromatic N) is 3. The number of halogens is 1. The summed E-state index contributed by atoms with van der Waals surface area (Å²) in [4.78, 5) is 11.3. The summed E-state index contributed by atoms with van der Waals surface area (Å²) in [6.45, 7) is 2.11. The fourth-order valence-corrected chi connectivity index (χ4v) is 3.46. The lowest BCUT2D eigenvalue weighted by atomic mass is 10.1. The number of rotatable bonds is 6. The van der Waals surface area contributed by atoms with E-state index >= 15 is 0 Å². The molecule has 4 rings (SSSR count). The summed E-state index contributed by atoms with van der Waals surface area (Å²) in [5.74, 6) is 1.73. The fraction of sp³-hybridized carbons (Fsp3) is 0.273. The molecule has 7 heteroatoms. The first-order valence-corrected chi connectivity index (χ1v) is 9.46. The van der Waals surface area contributed by atoms with E-state index in [-0.39, 0.29) is 5.82 Å². The Morgan fingerprint density at radius 1 is 1.14 bits per heavy atom. The fourth-order valence-electron chi connectivity index (χ4n) is 3.46. The molecule has 0 amide bonds. The molecule has 0 bridgehead atoms. The van der Waals surface area contributed by atoms with Crippen LogP contribution in [-0.2, 0) is 19.5 Å². The highest BCUT2D eigenvalue weighted by molar-refractivity contribution is 5.64. The summed E-state index contributed by atoms with van der Waals surface area (Å²) in [6.07, 6.45) is 2.63. The Hall–Kier alpha value is -3.19. The summed E-state index contributed by atoms with van der Waals surface area (Å²) in [7, 11) is 3.22. The number of fused-ring (bicyclic) bond motifs is 1. The monoisotopic (exact) mass is 394 g/mol. The van der Waals surface area contributed by atoms with Crippen LogP contribution in [0.15, 0.2) is 48.7 Å². The third kappa shape index (κ3) is 4.30. The normalized spacial score (nSPS) is 13.6. The Kier molecular flexibility index (Phi) is 5.57. The molecule has 1 aliphatic heterocycles. The van der Waals surface area contributed by atoms with Crippen LogP contribution >= 0.6 is 0 Å². The molecule has 0 fully saturated rings. The van der Waals surface area contributed by atoms with E-state index in [9.17, 15) is 4.39 Å². The number of ether oxygens (including phenoxy) is 2. The second-order valence-corrected chi connectivity index (χ2v) is 6.91. The molecule has 0 atom stereocenters. The van der Waals surface area contributed by atoms with Gasteiger partial charge in [0.05, 0.1) is 25.6 Å². The van der Waals surface area contributed by atoms with Gasteiger partial charge < -0.3 is 14.8 Å². The summed E-state index contributed by atoms with van der Waals surface area (Å²) >= 11 is 0. The highest BCUT2D eigenvalue weighted by Gasteiger charge is 2.20. The SMILES string of the molecule is COc1ccc(Nc2ncc3c(n2)CCN(Cc2ccccc2F)C3)c(OC)c1. The van der Waals surface area contributed by atoms with Gasteiger partial charge in [-0.15, -0.1) is 0 Å². The first-order valence-electron chi connectivity index (χ1n) is 9.46. The highest BCUT2D eigenvalue weighted by Crippen LogP contribution is 2.31. The van der Waals surface area contributed by atoms with Crippen LogP contribution in [0.5, 0.6) is 11.5 Å². The third-order valence-corrected chi connectivity index (χ3v) is 5.02. The van der Waals surface area contributed by atoms with Crippen molar-refractivity contribution in [3.8, 4) is 11.5 Å². The minimum atomic E-state index is -0.164. The number of methoxy groups -OCH3 is 2. The van der Waals surface area contributed by atoms with Crippen LogP contribution in [0.3, 0.4) is 0 Å². The smallest absolute Gasteiger partial charge is 0.227 e. The van der Waals surface area contributed by atoms with Gasteiger partial charge in [0.2, 0.25) is 5.95 Å². The Balaban J connectivity index is 1.47. The molecule has 0 saturated heterocycles. The first-order chi connectivity index (χ1) is 14.2. The lowest BCUT2D eigenvalue weighted by molar-refractivity contribution is 0.239. The molecule has 1 N–H and O–H groups in total. The quantitative estimate of drug-likeness (QED) is 0.684. The molecule has 0 aliphatic carbocycles. The zero-order valence-corrected chi connectivity index (χ0v) is 16.5. The van der Waals surface area contributed by atoms with E-state index in [1.807, 2.05) is 30.5 Å². The average Bonchev–Trinajstić information content (AvgIpc) is 2.75. The van der Waals surface area contributed by atoms with Crippen LogP contribution in [0, 0.1) is 5.82 Å². The van der Waals surface area contributed by atoms with Crippen LogP contribution in [0.1, 0.15) is 16.8 Å². The van der Waals surface area contributed by atoms with Crippen molar-refractivity contribution in [2.24, 2.45) is 0 Å². The highest BCUT2D eigenvalue weighted by atomic mass is 19.1. The zero-order valence-electron chi connectivity index (χ0n) is 16.5. The van der Waals surface area contributed by atoms with Crippen LogP contribution in [0.25, 0.3) is 0 Å². The van der Waals surface area contributed by atoms with Crippen molar-refractivity contribution in [3.63, 3.8) is 0 Å². The zero-order chi connectivity index (χ0) is 20.2. The lowest BCUT2D eigenvalue weighted by Gasteiger charge is -2.28. The molecule has 29 heavy (non-hydrogen) atoms. The Morgan fingerprint density at radius 3 is 2.79 bits per heavy atom. The van der Waals surface area contributed by atoms with E-state index in [0.29, 0.717) is 36.1 Å². The van der Waals surface area contributed by atoms with Crippen molar-refractivity contribution in [3.05, 3.63) is 71.3 Å². The minimum absolute atomic E-state index is 0.164. The number of hydrogen-bond donors (Lipinski definition) is 1. The molecule has 2 aromatic carbocycles. The largest absolute Gasteiger partial charge is 0.497 e. The first kappa shape index (κ1) is 19.1. The number of nitrogens with one attached hydrogen (secondary N) is 1. The van der Waals surface area contributed by atoms with Gasteiger partial charge in [0.1, 0.15) is 17.3 Å². The van der Waals surface area contributed by atoms with Crippen molar-refractivity contribution in [1.29, 1.82) is 0 Å². The van der Waals surface area contributed by atoms with Crippen molar-refractivity contribution in [1.82, 2.24) is 14.9 Å². The molecular formula is C22H23FN4O2. The summed E-state index contributed by atoms with van der Waals surface area (Å²) < 4.78 is 24.6. The molecule has 1 aromatic heterocycles. The molecule has 6 nitrogen and oxygen atoms in total. The Bertz CT molecular complexity index is 1010. The van der Waals surface area contributed by atoms with E-state index in [1.54, 1.807) is 26.4 Å². The van der Waals surface area contributed by atoms with Crippen LogP contribution in [0.4, 0.5) is 16.0 Å².